The largest absolute Gasteiger partial charge is 0.368 e. The van der Waals surface area contributed by atoms with E-state index in [0.29, 0.717) is 5.13 Å². The predicted molar refractivity (Wildman–Crippen MR) is 81.9 cm³/mol. The van der Waals surface area contributed by atoms with Gasteiger partial charge in [-0.3, -0.25) is 9.52 Å². The molecular formula is C12H12ClN3O3S2. The molecule has 1 atom stereocenters. The highest BCUT2D eigenvalue weighted by Gasteiger charge is 2.16. The highest BCUT2D eigenvalue weighted by molar-refractivity contribution is 7.93. The molecule has 0 aliphatic rings. The third-order valence-corrected chi connectivity index (χ3v) is 5.15. The molecule has 1 unspecified atom stereocenters. The van der Waals surface area contributed by atoms with E-state index in [1.54, 1.807) is 17.5 Å². The number of rotatable bonds is 6. The van der Waals surface area contributed by atoms with Crippen LogP contribution in [-0.2, 0) is 21.2 Å². The lowest BCUT2D eigenvalue weighted by Gasteiger charge is -2.08. The summed E-state index contributed by atoms with van der Waals surface area (Å²) in [7, 11) is -3.67. The minimum absolute atomic E-state index is 0.103. The summed E-state index contributed by atoms with van der Waals surface area (Å²) in [5, 5.41) is 1.15. The van der Waals surface area contributed by atoms with Crippen LogP contribution in [0.1, 0.15) is 5.56 Å². The lowest BCUT2D eigenvalue weighted by molar-refractivity contribution is -0.117. The quantitative estimate of drug-likeness (QED) is 0.776. The Balaban J connectivity index is 2.13. The minimum atomic E-state index is -3.67. The number of nitrogens with one attached hydrogen (secondary N) is 1. The van der Waals surface area contributed by atoms with Gasteiger partial charge in [-0.15, -0.1) is 22.9 Å². The van der Waals surface area contributed by atoms with Gasteiger partial charge >= 0.3 is 0 Å². The molecule has 6 nitrogen and oxygen atoms in total. The van der Waals surface area contributed by atoms with E-state index in [1.165, 1.54) is 29.7 Å². The molecule has 9 heteroatoms. The van der Waals surface area contributed by atoms with Gasteiger partial charge in [-0.2, -0.15) is 0 Å². The predicted octanol–water partition coefficient (Wildman–Crippen LogP) is 1.58. The Labute approximate surface area is 131 Å². The topological polar surface area (TPSA) is 102 Å². The van der Waals surface area contributed by atoms with Gasteiger partial charge < -0.3 is 5.73 Å². The normalized spacial score (nSPS) is 12.8. The second kappa shape index (κ2) is 6.42. The van der Waals surface area contributed by atoms with Gasteiger partial charge in [0.1, 0.15) is 5.38 Å². The zero-order valence-corrected chi connectivity index (χ0v) is 13.1. The molecule has 0 fully saturated rings. The number of nitrogens with two attached hydrogens (primary N) is 1. The number of carbonyl (C=O) groups is 1. The highest BCUT2D eigenvalue weighted by Crippen LogP contribution is 2.19. The molecule has 1 amide bonds. The van der Waals surface area contributed by atoms with Crippen molar-refractivity contribution in [1.82, 2.24) is 4.98 Å². The molecule has 0 aliphatic heterocycles. The molecule has 0 saturated carbocycles. The zero-order chi connectivity index (χ0) is 15.5. The van der Waals surface area contributed by atoms with Crippen LogP contribution in [0.4, 0.5) is 5.13 Å². The van der Waals surface area contributed by atoms with Crippen LogP contribution < -0.4 is 10.5 Å². The van der Waals surface area contributed by atoms with Gasteiger partial charge in [-0.25, -0.2) is 13.4 Å². The van der Waals surface area contributed by atoms with Crippen LogP contribution in [0.15, 0.2) is 40.7 Å². The van der Waals surface area contributed by atoms with Crippen molar-refractivity contribution in [2.75, 3.05) is 4.72 Å². The number of hydrogen-bond acceptors (Lipinski definition) is 5. The fourth-order valence-corrected chi connectivity index (χ4v) is 3.53. The average molecular weight is 346 g/mol. The van der Waals surface area contributed by atoms with Crippen molar-refractivity contribution in [2.45, 2.75) is 16.7 Å². The first-order valence-corrected chi connectivity index (χ1v) is 8.63. The van der Waals surface area contributed by atoms with Crippen molar-refractivity contribution >= 4 is 44.0 Å². The third-order valence-electron chi connectivity index (χ3n) is 2.61. The van der Waals surface area contributed by atoms with Crippen LogP contribution in [0.2, 0.25) is 0 Å². The van der Waals surface area contributed by atoms with Crippen LogP contribution in [0.25, 0.3) is 0 Å². The van der Waals surface area contributed by atoms with Crippen molar-refractivity contribution in [3.63, 3.8) is 0 Å². The molecule has 0 aliphatic carbocycles. The number of anilines is 1. The van der Waals surface area contributed by atoms with Gasteiger partial charge in [0, 0.05) is 11.6 Å². The van der Waals surface area contributed by atoms with E-state index in [0.717, 1.165) is 5.56 Å². The number of carbonyl (C=O) groups excluding carboxylic acids is 1. The number of alkyl halides is 1. The van der Waals surface area contributed by atoms with Crippen molar-refractivity contribution in [2.24, 2.45) is 5.73 Å². The summed E-state index contributed by atoms with van der Waals surface area (Å²) in [5.41, 5.74) is 5.80. The smallest absolute Gasteiger partial charge is 0.263 e. The monoisotopic (exact) mass is 345 g/mol. The average Bonchev–Trinajstić information content (AvgIpc) is 2.91. The first kappa shape index (κ1) is 15.7. The lowest BCUT2D eigenvalue weighted by atomic mass is 10.1. The summed E-state index contributed by atoms with van der Waals surface area (Å²) in [6.45, 7) is 0. The number of hydrogen-bond donors (Lipinski definition) is 2. The van der Waals surface area contributed by atoms with Crippen LogP contribution in [-0.4, -0.2) is 24.7 Å². The molecule has 21 heavy (non-hydrogen) atoms. The van der Waals surface area contributed by atoms with Gasteiger partial charge in [0.25, 0.3) is 10.0 Å². The van der Waals surface area contributed by atoms with Gasteiger partial charge in [-0.1, -0.05) is 12.1 Å². The van der Waals surface area contributed by atoms with Crippen LogP contribution >= 0.6 is 22.9 Å². The van der Waals surface area contributed by atoms with E-state index < -0.39 is 21.3 Å². The van der Waals surface area contributed by atoms with E-state index in [2.05, 4.69) is 9.71 Å². The molecule has 1 aromatic carbocycles. The summed E-state index contributed by atoms with van der Waals surface area (Å²) in [6, 6.07) is 6.06. The zero-order valence-electron chi connectivity index (χ0n) is 10.7. The maximum Gasteiger partial charge on any atom is 0.263 e. The number of nitrogens with zero attached hydrogens (tertiary/aromatic N) is 1. The molecule has 2 aromatic rings. The molecule has 1 aromatic heterocycles. The molecule has 2 rings (SSSR count). The van der Waals surface area contributed by atoms with Crippen LogP contribution in [0.5, 0.6) is 0 Å². The standard InChI is InChI=1S/C12H12ClN3O3S2/c13-10(11(14)17)7-8-1-3-9(4-2-8)21(18,19)16-12-15-5-6-20-12/h1-6,10H,7H2,(H2,14,17)(H,15,16). The molecule has 3 N–H and O–H groups in total. The van der Waals surface area contributed by atoms with Gasteiger partial charge in [0.05, 0.1) is 4.90 Å². The fourth-order valence-electron chi connectivity index (χ4n) is 1.56. The second-order valence-corrected chi connectivity index (χ2v) is 7.26. The molecule has 0 spiro atoms. The minimum Gasteiger partial charge on any atom is -0.368 e. The van der Waals surface area contributed by atoms with Crippen molar-refractivity contribution in [1.29, 1.82) is 0 Å². The van der Waals surface area contributed by atoms with E-state index in [1.807, 2.05) is 0 Å². The highest BCUT2D eigenvalue weighted by atomic mass is 35.5. The van der Waals surface area contributed by atoms with Gasteiger partial charge in [-0.05, 0) is 24.1 Å². The molecule has 0 saturated heterocycles. The maximum atomic E-state index is 12.1. The van der Waals surface area contributed by atoms with E-state index in [4.69, 9.17) is 17.3 Å². The van der Waals surface area contributed by atoms with Crippen molar-refractivity contribution in [3.8, 4) is 0 Å². The second-order valence-electron chi connectivity index (χ2n) is 4.16. The Bertz CT molecular complexity index is 715. The van der Waals surface area contributed by atoms with Crippen LogP contribution in [0.3, 0.4) is 0 Å². The first-order chi connectivity index (χ1) is 9.88. The summed E-state index contributed by atoms with van der Waals surface area (Å²) in [4.78, 5) is 14.9. The summed E-state index contributed by atoms with van der Waals surface area (Å²) < 4.78 is 26.6. The molecular weight excluding hydrogens is 334 g/mol. The Morgan fingerprint density at radius 3 is 2.57 bits per heavy atom. The summed E-state index contributed by atoms with van der Waals surface area (Å²) in [5.74, 6) is -0.612. The fraction of sp³-hybridized carbons (Fsp3) is 0.167. The number of halogens is 1. The van der Waals surface area contributed by atoms with Crippen LogP contribution in [0, 0.1) is 0 Å². The Morgan fingerprint density at radius 2 is 2.05 bits per heavy atom. The number of benzene rings is 1. The Morgan fingerprint density at radius 1 is 1.38 bits per heavy atom. The number of aromatic nitrogens is 1. The number of amides is 1. The Hall–Kier alpha value is -1.64. The van der Waals surface area contributed by atoms with Gasteiger partial charge in [0.15, 0.2) is 5.13 Å². The number of sulfonamides is 1. The first-order valence-electron chi connectivity index (χ1n) is 5.83. The summed E-state index contributed by atoms with van der Waals surface area (Å²) in [6.07, 6.45) is 1.76. The molecule has 0 bridgehead atoms. The van der Waals surface area contributed by atoms with Crippen molar-refractivity contribution < 1.29 is 13.2 Å². The molecule has 0 radical (unpaired) electrons. The van der Waals surface area contributed by atoms with E-state index in [-0.39, 0.29) is 11.3 Å². The number of primary amides is 1. The number of thiazole rings is 1. The molecule has 1 heterocycles. The van der Waals surface area contributed by atoms with E-state index >= 15 is 0 Å². The summed E-state index contributed by atoms with van der Waals surface area (Å²) >= 11 is 6.95. The lowest BCUT2D eigenvalue weighted by Crippen LogP contribution is -2.25. The maximum absolute atomic E-state index is 12.1. The van der Waals surface area contributed by atoms with E-state index in [9.17, 15) is 13.2 Å². The molecule has 112 valence electrons. The Kier molecular flexibility index (Phi) is 4.81. The SMILES string of the molecule is NC(=O)C(Cl)Cc1ccc(S(=O)(=O)Nc2nccs2)cc1. The third kappa shape index (κ3) is 4.16. The van der Waals surface area contributed by atoms with Gasteiger partial charge in [0.2, 0.25) is 5.91 Å². The van der Waals surface area contributed by atoms with Crippen molar-refractivity contribution in [3.05, 3.63) is 41.4 Å².